The van der Waals surface area contributed by atoms with Gasteiger partial charge in [0.15, 0.2) is 5.78 Å². The van der Waals surface area contributed by atoms with Crippen LogP contribution in [0.5, 0.6) is 0 Å². The smallest absolute Gasteiger partial charge is 0.216 e. The molecule has 0 bridgehead atoms. The molecule has 1 atom stereocenters. The quantitative estimate of drug-likeness (QED) is 0.161. The number of carbonyl (C=O) groups excluding carboxylic acids is 2. The molecule has 0 N–H and O–H groups in total. The molecule has 50 heavy (non-hydrogen) atoms. The van der Waals surface area contributed by atoms with E-state index in [1.165, 1.54) is 43.9 Å². The molecule has 1 spiro atoms. The molecule has 2 heterocycles. The normalized spacial score (nSPS) is 22.2. The molecule has 6 aliphatic rings. The lowest BCUT2D eigenvalue weighted by Gasteiger charge is -2.36. The average Bonchev–Trinajstić information content (AvgIpc) is 3.73. The molecule has 0 fully saturated rings. The van der Waals surface area contributed by atoms with Gasteiger partial charge in [-0.25, -0.2) is 0 Å². The van der Waals surface area contributed by atoms with E-state index in [9.17, 15) is 9.59 Å². The van der Waals surface area contributed by atoms with Gasteiger partial charge in [-0.15, -0.1) is 0 Å². The van der Waals surface area contributed by atoms with Crippen molar-refractivity contribution in [3.05, 3.63) is 194 Å². The predicted octanol–water partition coefficient (Wildman–Crippen LogP) is 10.8. The monoisotopic (exact) mass is 664 g/mol. The number of hydrogen-bond acceptors (Lipinski definition) is 5. The minimum Gasteiger partial charge on any atom is -0.310 e. The second kappa shape index (κ2) is 11.3. The number of allylic oxidation sites excluding steroid dienone is 12. The molecular formula is C45H32N2O2S. The molecule has 240 valence electrons. The number of benzene rings is 3. The first kappa shape index (κ1) is 29.4. The van der Waals surface area contributed by atoms with E-state index in [1.807, 2.05) is 0 Å². The highest BCUT2D eigenvalue weighted by Crippen LogP contribution is 2.68. The van der Waals surface area contributed by atoms with Gasteiger partial charge in [0.2, 0.25) is 5.78 Å². The molecule has 1 aromatic heterocycles. The number of anilines is 3. The van der Waals surface area contributed by atoms with Crippen molar-refractivity contribution in [1.82, 2.24) is 4.98 Å². The molecule has 4 nitrogen and oxygen atoms in total. The van der Waals surface area contributed by atoms with Gasteiger partial charge in [-0.1, -0.05) is 84.6 Å². The van der Waals surface area contributed by atoms with Gasteiger partial charge in [0.05, 0.1) is 16.6 Å². The van der Waals surface area contributed by atoms with Gasteiger partial charge >= 0.3 is 0 Å². The van der Waals surface area contributed by atoms with E-state index in [2.05, 4.69) is 119 Å². The Bertz CT molecular complexity index is 2330. The number of carbonyl (C=O) groups is 2. The maximum Gasteiger partial charge on any atom is 0.216 e. The van der Waals surface area contributed by atoms with Crippen LogP contribution in [0.15, 0.2) is 172 Å². The summed E-state index contributed by atoms with van der Waals surface area (Å²) >= 11 is 1.69. The number of pyridine rings is 1. The average molecular weight is 665 g/mol. The SMILES string of the molecule is O=C1/C(=C\C2=CCC3=C(S2)c2ccc(N(c4ccccc4)c4ccccc4)cc2C32C3=CCCC=C3C3=C2C=CCC3)C(=O)c2ncccc21. The molecule has 4 aromatic rings. The topological polar surface area (TPSA) is 50.3 Å². The number of aromatic nitrogens is 1. The highest BCUT2D eigenvalue weighted by Gasteiger charge is 2.56. The summed E-state index contributed by atoms with van der Waals surface area (Å²) in [5.41, 5.74) is 13.5. The summed E-state index contributed by atoms with van der Waals surface area (Å²) < 4.78 is 0. The van der Waals surface area contributed by atoms with Crippen LogP contribution in [-0.2, 0) is 5.41 Å². The summed E-state index contributed by atoms with van der Waals surface area (Å²) in [7, 11) is 0. The Hall–Kier alpha value is -5.52. The molecule has 1 unspecified atom stereocenters. The molecule has 3 aromatic carbocycles. The zero-order valence-corrected chi connectivity index (χ0v) is 28.2. The van der Waals surface area contributed by atoms with Crippen molar-refractivity contribution in [3.8, 4) is 0 Å². The molecule has 5 aliphatic carbocycles. The van der Waals surface area contributed by atoms with Gasteiger partial charge in [-0.3, -0.25) is 14.6 Å². The predicted molar refractivity (Wildman–Crippen MR) is 202 cm³/mol. The summed E-state index contributed by atoms with van der Waals surface area (Å²) in [6.45, 7) is 0. The molecular weight excluding hydrogens is 633 g/mol. The summed E-state index contributed by atoms with van der Waals surface area (Å²) in [5.74, 6) is -0.531. The summed E-state index contributed by atoms with van der Waals surface area (Å²) in [6.07, 6.45) is 20.3. The van der Waals surface area contributed by atoms with Crippen molar-refractivity contribution < 1.29 is 9.59 Å². The highest BCUT2D eigenvalue weighted by molar-refractivity contribution is 8.12. The number of nitrogens with zero attached hydrogens (tertiary/aromatic N) is 2. The molecule has 0 saturated heterocycles. The largest absolute Gasteiger partial charge is 0.310 e. The van der Waals surface area contributed by atoms with Crippen molar-refractivity contribution in [2.45, 2.75) is 37.5 Å². The lowest BCUT2D eigenvalue weighted by atomic mass is 9.66. The Balaban J connectivity index is 1.16. The first-order chi connectivity index (χ1) is 24.6. The first-order valence-corrected chi connectivity index (χ1v) is 18.2. The first-order valence-electron chi connectivity index (χ1n) is 17.4. The second-order valence-electron chi connectivity index (χ2n) is 13.5. The van der Waals surface area contributed by atoms with Crippen molar-refractivity contribution in [3.63, 3.8) is 0 Å². The van der Waals surface area contributed by atoms with E-state index in [0.717, 1.165) is 54.1 Å². The third-order valence-electron chi connectivity index (χ3n) is 10.9. The van der Waals surface area contributed by atoms with E-state index in [4.69, 9.17) is 0 Å². The van der Waals surface area contributed by atoms with Crippen LogP contribution in [0.2, 0.25) is 0 Å². The van der Waals surface area contributed by atoms with Crippen LogP contribution < -0.4 is 4.90 Å². The van der Waals surface area contributed by atoms with Crippen molar-refractivity contribution in [2.24, 2.45) is 0 Å². The Labute approximate surface area is 295 Å². The molecule has 0 saturated carbocycles. The number of Topliss-reactive ketones (excluding diaryl/α,β-unsaturated/α-hetero) is 2. The zero-order valence-electron chi connectivity index (χ0n) is 27.4. The lowest BCUT2D eigenvalue weighted by molar-refractivity contribution is 0.0987. The Morgan fingerprint density at radius 2 is 1.54 bits per heavy atom. The zero-order chi connectivity index (χ0) is 33.4. The third kappa shape index (κ3) is 4.10. The number of fused-ring (bicyclic) bond motifs is 9. The van der Waals surface area contributed by atoms with E-state index >= 15 is 0 Å². The van der Waals surface area contributed by atoms with Crippen molar-refractivity contribution >= 4 is 45.3 Å². The number of rotatable bonds is 4. The van der Waals surface area contributed by atoms with E-state index in [-0.39, 0.29) is 28.2 Å². The van der Waals surface area contributed by atoms with Crippen molar-refractivity contribution in [2.75, 3.05) is 4.90 Å². The summed E-state index contributed by atoms with van der Waals surface area (Å²) in [6, 6.07) is 31.6. The van der Waals surface area contributed by atoms with Gasteiger partial charge in [0.25, 0.3) is 0 Å². The minimum absolute atomic E-state index is 0.201. The maximum atomic E-state index is 13.4. The Morgan fingerprint density at radius 3 is 2.32 bits per heavy atom. The number of thioether (sulfide) groups is 1. The van der Waals surface area contributed by atoms with Gasteiger partial charge in [0.1, 0.15) is 5.69 Å². The van der Waals surface area contributed by atoms with Gasteiger partial charge in [-0.05, 0) is 126 Å². The molecule has 10 rings (SSSR count). The summed E-state index contributed by atoms with van der Waals surface area (Å²) in [5, 5.41) is 0. The fourth-order valence-corrected chi connectivity index (χ4v) is 10.1. The Kier molecular flexibility index (Phi) is 6.62. The van der Waals surface area contributed by atoms with E-state index in [1.54, 1.807) is 36.2 Å². The summed E-state index contributed by atoms with van der Waals surface area (Å²) in [4.78, 5) is 35.4. The van der Waals surface area contributed by atoms with Crippen LogP contribution in [0.4, 0.5) is 17.1 Å². The molecule has 5 heteroatoms. The molecule has 0 radical (unpaired) electrons. The number of ketones is 2. The van der Waals surface area contributed by atoms with Crippen LogP contribution in [0.1, 0.15) is 64.1 Å². The molecule has 1 aliphatic heterocycles. The third-order valence-corrected chi connectivity index (χ3v) is 12.1. The number of para-hydroxylation sites is 2. The lowest BCUT2D eigenvalue weighted by Crippen LogP contribution is -2.29. The number of hydrogen-bond donors (Lipinski definition) is 0. The van der Waals surface area contributed by atoms with Crippen LogP contribution in [0, 0.1) is 0 Å². The van der Waals surface area contributed by atoms with Gasteiger partial charge in [-0.2, -0.15) is 0 Å². The van der Waals surface area contributed by atoms with Crippen molar-refractivity contribution in [1.29, 1.82) is 0 Å². The maximum absolute atomic E-state index is 13.4. The fourth-order valence-electron chi connectivity index (χ4n) is 8.88. The van der Waals surface area contributed by atoms with E-state index in [0.29, 0.717) is 5.56 Å². The van der Waals surface area contributed by atoms with Gasteiger partial charge < -0.3 is 4.90 Å². The minimum atomic E-state index is -0.389. The van der Waals surface area contributed by atoms with Crippen LogP contribution in [0.25, 0.3) is 4.91 Å². The van der Waals surface area contributed by atoms with E-state index < -0.39 is 0 Å². The molecule has 0 amide bonds. The van der Waals surface area contributed by atoms with Crippen LogP contribution in [0.3, 0.4) is 0 Å². The van der Waals surface area contributed by atoms with Crippen LogP contribution in [-0.4, -0.2) is 16.6 Å². The fraction of sp³-hybridized carbons (Fsp3) is 0.133. The van der Waals surface area contributed by atoms with Crippen LogP contribution >= 0.6 is 11.8 Å². The van der Waals surface area contributed by atoms with Gasteiger partial charge in [0, 0.05) is 33.1 Å². The standard InChI is InChI=1S/C45H32N2O2S/c48-42-35-18-11-25-46-41(35)43(49)36(42)27-31-22-24-39-44(50-31)34-23-21-30(47(28-12-3-1-4-13-28)29-14-5-2-6-15-29)26-40(34)45(39)37-19-9-7-16-32(37)33-17-8-10-20-38(33)45/h1-6,9,11-15,17-23,25-27H,7-8,10,16,24H2/b36-27+. The highest BCUT2D eigenvalue weighted by atomic mass is 32.2. The second-order valence-corrected chi connectivity index (χ2v) is 14.6. The Morgan fingerprint density at radius 1 is 0.760 bits per heavy atom.